The molecule has 0 spiro atoms. The van der Waals surface area contributed by atoms with Crippen LogP contribution in [0.2, 0.25) is 0 Å². The molecule has 16 heteroatoms. The maximum absolute atomic E-state index is 12.9. The summed E-state index contributed by atoms with van der Waals surface area (Å²) in [5.74, 6) is -1.72. The van der Waals surface area contributed by atoms with Gasteiger partial charge in [-0.25, -0.2) is 0 Å². The summed E-state index contributed by atoms with van der Waals surface area (Å²) >= 11 is 2.98. The Morgan fingerprint density at radius 3 is 2.03 bits per heavy atom. The maximum atomic E-state index is 12.9. The molecule has 0 saturated carbocycles. The number of amides is 4. The molecule has 7 N–H and O–H groups in total. The fourth-order valence-corrected chi connectivity index (χ4v) is 3.58. The van der Waals surface area contributed by atoms with Gasteiger partial charge in [0.05, 0.1) is 15.9 Å². The molecule has 0 saturated heterocycles. The van der Waals surface area contributed by atoms with Crippen LogP contribution in [0, 0.1) is 0 Å². The summed E-state index contributed by atoms with van der Waals surface area (Å²) in [4.78, 5) is 49.9. The van der Waals surface area contributed by atoms with Crippen LogP contribution in [0.3, 0.4) is 0 Å². The average molecular weight is 603 g/mol. The van der Waals surface area contributed by atoms with E-state index < -0.39 is 23.6 Å². The van der Waals surface area contributed by atoms with E-state index in [1.165, 1.54) is 27.4 Å². The van der Waals surface area contributed by atoms with Crippen LogP contribution in [0.4, 0.5) is 17.2 Å². The quantitative estimate of drug-likeness (QED) is 0.0659. The molecule has 15 nitrogen and oxygen atoms in total. The van der Waals surface area contributed by atoms with Gasteiger partial charge in [0.1, 0.15) is 22.9 Å². The molecule has 3 rings (SSSR count). The van der Waals surface area contributed by atoms with Gasteiger partial charge in [0.2, 0.25) is 0 Å². The number of oxime groups is 1. The number of nitrogens with two attached hydrogens (primary N) is 1. The van der Waals surface area contributed by atoms with E-state index in [-0.39, 0.29) is 46.2 Å². The van der Waals surface area contributed by atoms with E-state index in [0.29, 0.717) is 11.4 Å². The van der Waals surface area contributed by atoms with Gasteiger partial charge in [0.25, 0.3) is 23.6 Å². The second kappa shape index (κ2) is 12.1. The van der Waals surface area contributed by atoms with Gasteiger partial charge in [-0.15, -0.1) is 0 Å². The molecule has 0 fully saturated rings. The number of halogens is 1. The first-order valence-corrected chi connectivity index (χ1v) is 12.1. The monoisotopic (exact) mass is 602 g/mol. The van der Waals surface area contributed by atoms with E-state index >= 15 is 0 Å². The highest BCUT2D eigenvalue weighted by Crippen LogP contribution is 2.19. The SMILES string of the molecule is C=C(Br)C(=O)Nc1cc(C(=O)Nc2cc(C(=O)Nc3cc(C(=O)NCCC(N)=NO)n(C)c3)n(C)c2)n(C)n1. The highest BCUT2D eigenvalue weighted by Gasteiger charge is 2.19. The Morgan fingerprint density at radius 1 is 0.949 bits per heavy atom. The third kappa shape index (κ3) is 7.13. The standard InChI is InChI=1S/C23H27BrN10O5/c1-12(24)20(35)29-19-9-17(34(4)30-19)23(38)28-14-8-16(33(3)11-14)22(37)27-13-7-15(32(2)10-13)21(36)26-6-5-18(25)31-39/h7-11,39H,1,5-6H2,2-4H3,(H2,25,31)(H,26,36)(H,27,37)(H,28,38)(H,29,30,35). The molecular weight excluding hydrogens is 576 g/mol. The van der Waals surface area contributed by atoms with E-state index in [9.17, 15) is 19.2 Å². The second-order valence-electron chi connectivity index (χ2n) is 8.35. The first-order valence-electron chi connectivity index (χ1n) is 11.3. The highest BCUT2D eigenvalue weighted by atomic mass is 79.9. The molecule has 0 aliphatic heterocycles. The second-order valence-corrected chi connectivity index (χ2v) is 9.31. The predicted octanol–water partition coefficient (Wildman–Crippen LogP) is 1.32. The molecule has 0 aliphatic carbocycles. The van der Waals surface area contributed by atoms with Crippen molar-refractivity contribution in [2.24, 2.45) is 32.0 Å². The number of nitrogens with zero attached hydrogens (tertiary/aromatic N) is 5. The molecule has 4 amide bonds. The smallest absolute Gasteiger partial charge is 0.274 e. The molecule has 206 valence electrons. The normalized spacial score (nSPS) is 11.1. The molecular formula is C23H27BrN10O5. The Balaban J connectivity index is 1.65. The number of amidine groups is 1. The van der Waals surface area contributed by atoms with Crippen LogP contribution in [0.5, 0.6) is 0 Å². The fourth-order valence-electron chi connectivity index (χ4n) is 3.48. The van der Waals surface area contributed by atoms with Crippen molar-refractivity contribution in [3.8, 4) is 0 Å². The Bertz CT molecular complexity index is 1480. The molecule has 0 aliphatic rings. The van der Waals surface area contributed by atoms with Crippen LogP contribution in [-0.2, 0) is 25.9 Å². The van der Waals surface area contributed by atoms with E-state index in [2.05, 4.69) is 54.0 Å². The van der Waals surface area contributed by atoms with Crippen LogP contribution in [0.1, 0.15) is 37.9 Å². The number of carbonyl (C=O) groups excluding carboxylic acids is 4. The summed E-state index contributed by atoms with van der Waals surface area (Å²) in [6.45, 7) is 3.64. The zero-order valence-electron chi connectivity index (χ0n) is 21.3. The van der Waals surface area contributed by atoms with Gasteiger partial charge in [-0.05, 0) is 28.1 Å². The molecule has 3 heterocycles. The maximum Gasteiger partial charge on any atom is 0.274 e. The first kappa shape index (κ1) is 28.7. The van der Waals surface area contributed by atoms with Gasteiger partial charge < -0.3 is 41.3 Å². The van der Waals surface area contributed by atoms with Gasteiger partial charge in [-0.1, -0.05) is 11.7 Å². The van der Waals surface area contributed by atoms with Crippen molar-refractivity contribution in [2.75, 3.05) is 22.5 Å². The third-order valence-electron chi connectivity index (χ3n) is 5.39. The summed E-state index contributed by atoms with van der Waals surface area (Å²) in [5, 5.41) is 26.1. The van der Waals surface area contributed by atoms with E-state index in [1.54, 1.807) is 38.1 Å². The zero-order chi connectivity index (χ0) is 28.9. The highest BCUT2D eigenvalue weighted by molar-refractivity contribution is 9.12. The van der Waals surface area contributed by atoms with Gasteiger partial charge in [0.15, 0.2) is 5.82 Å². The molecule has 0 atom stereocenters. The Morgan fingerprint density at radius 2 is 1.49 bits per heavy atom. The number of hydrogen-bond donors (Lipinski definition) is 6. The van der Waals surface area contributed by atoms with Crippen molar-refractivity contribution < 1.29 is 24.4 Å². The summed E-state index contributed by atoms with van der Waals surface area (Å²) in [7, 11) is 4.83. The summed E-state index contributed by atoms with van der Waals surface area (Å²) in [6, 6.07) is 4.40. The van der Waals surface area contributed by atoms with Crippen LogP contribution < -0.4 is 27.0 Å². The number of carbonyl (C=O) groups is 4. The lowest BCUT2D eigenvalue weighted by molar-refractivity contribution is -0.112. The average Bonchev–Trinajstić information content (AvgIpc) is 3.54. The van der Waals surface area contributed by atoms with Crippen molar-refractivity contribution in [2.45, 2.75) is 6.42 Å². The van der Waals surface area contributed by atoms with E-state index in [1.807, 2.05) is 0 Å². The molecule has 0 aromatic carbocycles. The topological polar surface area (TPSA) is 203 Å². The van der Waals surface area contributed by atoms with Crippen LogP contribution in [0.15, 0.2) is 46.8 Å². The lowest BCUT2D eigenvalue weighted by Crippen LogP contribution is -2.29. The van der Waals surface area contributed by atoms with E-state index in [4.69, 9.17) is 10.9 Å². The van der Waals surface area contributed by atoms with Crippen molar-refractivity contribution in [3.63, 3.8) is 0 Å². The van der Waals surface area contributed by atoms with Crippen LogP contribution >= 0.6 is 15.9 Å². The lowest BCUT2D eigenvalue weighted by atomic mass is 10.3. The van der Waals surface area contributed by atoms with Crippen molar-refractivity contribution in [1.29, 1.82) is 0 Å². The summed E-state index contributed by atoms with van der Waals surface area (Å²) in [5.41, 5.74) is 6.83. The Labute approximate surface area is 230 Å². The Kier molecular flexibility index (Phi) is 8.92. The van der Waals surface area contributed by atoms with Crippen molar-refractivity contribution >= 4 is 62.6 Å². The minimum Gasteiger partial charge on any atom is -0.409 e. The summed E-state index contributed by atoms with van der Waals surface area (Å²) in [6.07, 6.45) is 3.31. The van der Waals surface area contributed by atoms with Gasteiger partial charge in [-0.3, -0.25) is 23.9 Å². The largest absolute Gasteiger partial charge is 0.409 e. The predicted molar refractivity (Wildman–Crippen MR) is 147 cm³/mol. The van der Waals surface area contributed by atoms with Gasteiger partial charge in [0, 0.05) is 52.6 Å². The fraction of sp³-hybridized carbons (Fsp3) is 0.217. The van der Waals surface area contributed by atoms with Gasteiger partial charge >= 0.3 is 0 Å². The molecule has 3 aromatic heterocycles. The number of hydrogen-bond acceptors (Lipinski definition) is 7. The molecule has 0 radical (unpaired) electrons. The molecule has 0 unspecified atom stereocenters. The van der Waals surface area contributed by atoms with E-state index in [0.717, 1.165) is 0 Å². The minimum atomic E-state index is -0.508. The van der Waals surface area contributed by atoms with Crippen LogP contribution in [-0.4, -0.2) is 60.1 Å². The number of aryl methyl sites for hydroxylation is 3. The minimum absolute atomic E-state index is 0.0104. The number of rotatable bonds is 10. The molecule has 0 bridgehead atoms. The summed E-state index contributed by atoms with van der Waals surface area (Å²) < 4.78 is 4.49. The first-order chi connectivity index (χ1) is 18.4. The van der Waals surface area contributed by atoms with Gasteiger partial charge in [-0.2, -0.15) is 5.10 Å². The zero-order valence-corrected chi connectivity index (χ0v) is 22.9. The molecule has 3 aromatic rings. The number of nitrogens with one attached hydrogen (secondary N) is 4. The molecule has 39 heavy (non-hydrogen) atoms. The third-order valence-corrected chi connectivity index (χ3v) is 5.75. The van der Waals surface area contributed by atoms with Crippen molar-refractivity contribution in [3.05, 3.63) is 58.7 Å². The Hall–Kier alpha value is -4.86. The number of anilines is 3. The van der Waals surface area contributed by atoms with Crippen LogP contribution in [0.25, 0.3) is 0 Å². The lowest BCUT2D eigenvalue weighted by Gasteiger charge is -2.04. The number of aromatic nitrogens is 4. The van der Waals surface area contributed by atoms with Crippen molar-refractivity contribution in [1.82, 2.24) is 24.2 Å².